The topological polar surface area (TPSA) is 67.2 Å². The van der Waals surface area contributed by atoms with Crippen LogP contribution < -0.4 is 10.6 Å². The van der Waals surface area contributed by atoms with E-state index in [1.165, 1.54) is 0 Å². The van der Waals surface area contributed by atoms with Crippen LogP contribution >= 0.6 is 12.4 Å². The van der Waals surface area contributed by atoms with Gasteiger partial charge in [-0.1, -0.05) is 5.16 Å². The van der Waals surface area contributed by atoms with Gasteiger partial charge < -0.3 is 15.2 Å². The Labute approximate surface area is 100 Å². The molecule has 5 nitrogen and oxygen atoms in total. The summed E-state index contributed by atoms with van der Waals surface area (Å²) >= 11 is 0. The van der Waals surface area contributed by atoms with Crippen LogP contribution in [0, 0.1) is 12.8 Å². The van der Waals surface area contributed by atoms with E-state index in [1.807, 2.05) is 13.0 Å². The number of halogens is 1. The zero-order valence-electron chi connectivity index (χ0n) is 9.16. The summed E-state index contributed by atoms with van der Waals surface area (Å²) in [5, 5.41) is 9.75. The number of carbonyl (C=O) groups excluding carboxylic acids is 1. The van der Waals surface area contributed by atoms with Crippen molar-refractivity contribution in [3.8, 4) is 0 Å². The molecular weight excluding hydrogens is 230 g/mol. The van der Waals surface area contributed by atoms with Gasteiger partial charge in [0.05, 0.1) is 18.2 Å². The number of hydrogen-bond donors (Lipinski definition) is 2. The Hall–Kier alpha value is -1.07. The Morgan fingerprint density at radius 1 is 1.75 bits per heavy atom. The lowest BCUT2D eigenvalue weighted by Gasteiger charge is -2.07. The van der Waals surface area contributed by atoms with Crippen LogP contribution in [0.25, 0.3) is 0 Å². The van der Waals surface area contributed by atoms with Gasteiger partial charge in [0.1, 0.15) is 0 Å². The van der Waals surface area contributed by atoms with Crippen molar-refractivity contribution in [1.29, 1.82) is 0 Å². The Morgan fingerprint density at radius 3 is 3.12 bits per heavy atom. The number of amides is 1. The smallest absolute Gasteiger partial charge is 0.224 e. The van der Waals surface area contributed by atoms with Gasteiger partial charge in [-0.05, 0) is 19.9 Å². The lowest BCUT2D eigenvalue weighted by molar-refractivity contribution is -0.124. The quantitative estimate of drug-likeness (QED) is 0.820. The Morgan fingerprint density at radius 2 is 2.56 bits per heavy atom. The number of nitrogens with zero attached hydrogens (tertiary/aromatic N) is 1. The molecule has 1 saturated heterocycles. The molecule has 0 aliphatic carbocycles. The molecule has 0 unspecified atom stereocenters. The van der Waals surface area contributed by atoms with Gasteiger partial charge >= 0.3 is 0 Å². The van der Waals surface area contributed by atoms with E-state index in [0.717, 1.165) is 25.2 Å². The second-order valence-corrected chi connectivity index (χ2v) is 3.84. The van der Waals surface area contributed by atoms with E-state index in [1.54, 1.807) is 0 Å². The molecule has 2 rings (SSSR count). The molecule has 90 valence electrons. The minimum Gasteiger partial charge on any atom is -0.359 e. The van der Waals surface area contributed by atoms with E-state index >= 15 is 0 Å². The van der Waals surface area contributed by atoms with Crippen molar-refractivity contribution in [2.75, 3.05) is 13.1 Å². The summed E-state index contributed by atoms with van der Waals surface area (Å²) in [6, 6.07) is 1.83. The summed E-state index contributed by atoms with van der Waals surface area (Å²) < 4.78 is 5.00. The first kappa shape index (κ1) is 13.0. The molecular formula is C10H16ClN3O2. The highest BCUT2D eigenvalue weighted by molar-refractivity contribution is 5.85. The van der Waals surface area contributed by atoms with Crippen LogP contribution in [0.1, 0.15) is 17.9 Å². The standard InChI is InChI=1S/C10H15N3O2.ClH/c1-7-4-9(15-13-7)6-12-10(14)8-2-3-11-5-8;/h4,8,11H,2-3,5-6H2,1H3,(H,12,14);1H/t8-;/m1./s1. The SMILES string of the molecule is Cc1cc(CNC(=O)[C@@H]2CCNC2)on1.Cl. The molecule has 6 heteroatoms. The van der Waals surface area contributed by atoms with E-state index in [9.17, 15) is 4.79 Å². The summed E-state index contributed by atoms with van der Waals surface area (Å²) in [5.41, 5.74) is 0.835. The number of aryl methyl sites for hydroxylation is 1. The monoisotopic (exact) mass is 245 g/mol. The van der Waals surface area contributed by atoms with Crippen molar-refractivity contribution in [1.82, 2.24) is 15.8 Å². The summed E-state index contributed by atoms with van der Waals surface area (Å²) in [4.78, 5) is 11.6. The van der Waals surface area contributed by atoms with Crippen molar-refractivity contribution in [2.45, 2.75) is 19.9 Å². The second-order valence-electron chi connectivity index (χ2n) is 3.84. The largest absolute Gasteiger partial charge is 0.359 e. The maximum Gasteiger partial charge on any atom is 0.224 e. The minimum atomic E-state index is 0. The Bertz CT molecular complexity index is 348. The van der Waals surface area contributed by atoms with Crippen molar-refractivity contribution < 1.29 is 9.32 Å². The second kappa shape index (κ2) is 5.86. The zero-order chi connectivity index (χ0) is 10.7. The highest BCUT2D eigenvalue weighted by atomic mass is 35.5. The molecule has 1 aliphatic rings. The third-order valence-electron chi connectivity index (χ3n) is 2.54. The molecule has 0 spiro atoms. The van der Waals surface area contributed by atoms with Crippen molar-refractivity contribution in [3.05, 3.63) is 17.5 Å². The molecule has 1 fully saturated rings. The van der Waals surface area contributed by atoms with Crippen LogP contribution in [0.5, 0.6) is 0 Å². The van der Waals surface area contributed by atoms with Crippen LogP contribution in [0.2, 0.25) is 0 Å². The lowest BCUT2D eigenvalue weighted by Crippen LogP contribution is -2.31. The molecule has 2 heterocycles. The fraction of sp³-hybridized carbons (Fsp3) is 0.600. The third-order valence-corrected chi connectivity index (χ3v) is 2.54. The van der Waals surface area contributed by atoms with Gasteiger partial charge in [-0.3, -0.25) is 4.79 Å². The summed E-state index contributed by atoms with van der Waals surface area (Å²) in [6.45, 7) is 3.99. The number of rotatable bonds is 3. The molecule has 0 saturated carbocycles. The fourth-order valence-electron chi connectivity index (χ4n) is 1.70. The number of carbonyl (C=O) groups is 1. The molecule has 1 aromatic rings. The van der Waals surface area contributed by atoms with Crippen molar-refractivity contribution >= 4 is 18.3 Å². The van der Waals surface area contributed by atoms with Gasteiger partial charge in [-0.15, -0.1) is 12.4 Å². The lowest BCUT2D eigenvalue weighted by atomic mass is 10.1. The minimum absolute atomic E-state index is 0. The molecule has 0 bridgehead atoms. The normalized spacial score (nSPS) is 19.2. The van der Waals surface area contributed by atoms with Gasteiger partial charge in [0.2, 0.25) is 5.91 Å². The average molecular weight is 246 g/mol. The first-order chi connectivity index (χ1) is 7.25. The predicted octanol–water partition coefficient (Wildman–Crippen LogP) is 0.631. The van der Waals surface area contributed by atoms with Crippen LogP contribution in [0.15, 0.2) is 10.6 Å². The molecule has 2 N–H and O–H groups in total. The highest BCUT2D eigenvalue weighted by Gasteiger charge is 2.22. The number of nitrogens with one attached hydrogen (secondary N) is 2. The van der Waals surface area contributed by atoms with Crippen LogP contribution in [-0.2, 0) is 11.3 Å². The number of hydrogen-bond acceptors (Lipinski definition) is 4. The van der Waals surface area contributed by atoms with Crippen LogP contribution in [0.4, 0.5) is 0 Å². The van der Waals surface area contributed by atoms with E-state index in [-0.39, 0.29) is 24.2 Å². The molecule has 0 radical (unpaired) electrons. The molecule has 1 amide bonds. The number of aromatic nitrogens is 1. The van der Waals surface area contributed by atoms with Gasteiger partial charge in [0.25, 0.3) is 0 Å². The predicted molar refractivity (Wildman–Crippen MR) is 61.3 cm³/mol. The van der Waals surface area contributed by atoms with Crippen LogP contribution in [0.3, 0.4) is 0 Å². The summed E-state index contributed by atoms with van der Waals surface area (Å²) in [6.07, 6.45) is 0.918. The molecule has 1 atom stereocenters. The van der Waals surface area contributed by atoms with Gasteiger partial charge in [-0.2, -0.15) is 0 Å². The van der Waals surface area contributed by atoms with E-state index < -0.39 is 0 Å². The van der Waals surface area contributed by atoms with Gasteiger partial charge in [0.15, 0.2) is 5.76 Å². The Balaban J connectivity index is 0.00000128. The molecule has 16 heavy (non-hydrogen) atoms. The average Bonchev–Trinajstić information content (AvgIpc) is 2.84. The van der Waals surface area contributed by atoms with Crippen molar-refractivity contribution in [3.63, 3.8) is 0 Å². The molecule has 0 aromatic carbocycles. The first-order valence-electron chi connectivity index (χ1n) is 5.16. The zero-order valence-corrected chi connectivity index (χ0v) is 9.97. The van der Waals surface area contributed by atoms with Gasteiger partial charge in [-0.25, -0.2) is 0 Å². The van der Waals surface area contributed by atoms with Crippen molar-refractivity contribution in [2.24, 2.45) is 5.92 Å². The third kappa shape index (κ3) is 3.21. The Kier molecular flexibility index (Phi) is 4.76. The van der Waals surface area contributed by atoms with Crippen LogP contribution in [-0.4, -0.2) is 24.2 Å². The first-order valence-corrected chi connectivity index (χ1v) is 5.16. The van der Waals surface area contributed by atoms with E-state index in [2.05, 4.69) is 15.8 Å². The van der Waals surface area contributed by atoms with Gasteiger partial charge in [0, 0.05) is 12.6 Å². The van der Waals surface area contributed by atoms with E-state index in [4.69, 9.17) is 4.52 Å². The maximum absolute atomic E-state index is 11.6. The summed E-state index contributed by atoms with van der Waals surface area (Å²) in [7, 11) is 0. The summed E-state index contributed by atoms with van der Waals surface area (Å²) in [5.74, 6) is 0.898. The molecule has 1 aromatic heterocycles. The maximum atomic E-state index is 11.6. The molecule has 1 aliphatic heterocycles. The highest BCUT2D eigenvalue weighted by Crippen LogP contribution is 2.08. The van der Waals surface area contributed by atoms with E-state index in [0.29, 0.717) is 12.3 Å². The fourth-order valence-corrected chi connectivity index (χ4v) is 1.70.